The van der Waals surface area contributed by atoms with Crippen LogP contribution < -0.4 is 0 Å². The first kappa shape index (κ1) is 35.0. The number of hydrogen-bond acceptors (Lipinski definition) is 4. The van der Waals surface area contributed by atoms with Crippen LogP contribution in [0.15, 0.2) is 0 Å². The van der Waals surface area contributed by atoms with E-state index in [1.165, 1.54) is 89.9 Å². The summed E-state index contributed by atoms with van der Waals surface area (Å²) in [4.78, 5) is 0. The fourth-order valence-electron chi connectivity index (χ4n) is 2.47. The van der Waals surface area contributed by atoms with Crippen LogP contribution in [0.5, 0.6) is 0 Å². The van der Waals surface area contributed by atoms with Crippen molar-refractivity contribution in [1.82, 2.24) is 0 Å². The molecule has 0 rings (SSSR count). The Balaban J connectivity index is -0.000000350. The Kier molecular flexibility index (Phi) is 41.1. The third-order valence-corrected chi connectivity index (χ3v) is 9.24. The Hall–Kier alpha value is 1.42. The van der Waals surface area contributed by atoms with Gasteiger partial charge in [-0.3, -0.25) is 0 Å². The topological polar surface area (TPSA) is 0 Å². The zero-order valence-corrected chi connectivity index (χ0v) is 26.0. The predicted octanol–water partition coefficient (Wildman–Crippen LogP) is 9.57. The molecule has 0 aromatic heterocycles. The van der Waals surface area contributed by atoms with Crippen LogP contribution in [0.25, 0.3) is 0 Å². The summed E-state index contributed by atoms with van der Waals surface area (Å²) in [6.45, 7) is 9.02. The van der Waals surface area contributed by atoms with Crippen LogP contribution in [0.1, 0.15) is 130 Å². The fourth-order valence-corrected chi connectivity index (χ4v) is 7.21. The summed E-state index contributed by atoms with van der Waals surface area (Å²) in [6.07, 6.45) is 20.8. The van der Waals surface area contributed by atoms with Crippen molar-refractivity contribution in [3.05, 3.63) is 0 Å². The minimum absolute atomic E-state index is 0.149. The van der Waals surface area contributed by atoms with Crippen LogP contribution in [-0.2, 0) is 25.3 Å². The van der Waals surface area contributed by atoms with E-state index in [1.54, 1.807) is 8.87 Å². The molecule has 0 N–H and O–H groups in total. The van der Waals surface area contributed by atoms with Crippen LogP contribution in [-0.4, -0.2) is 29.5 Å². The van der Waals surface area contributed by atoms with Gasteiger partial charge in [0.05, 0.1) is 0 Å². The number of rotatable bonds is 18. The molecule has 0 spiro atoms. The molecule has 0 atom stereocenters. The molecule has 0 aromatic rings. The van der Waals surface area contributed by atoms with Crippen LogP contribution in [0.2, 0.25) is 8.87 Å². The third-order valence-electron chi connectivity index (χ3n) is 4.38. The number of unbranched alkanes of at least 4 members (excludes halogenated alkanes) is 10. The van der Waals surface area contributed by atoms with Gasteiger partial charge < -0.3 is 49.7 Å². The van der Waals surface area contributed by atoms with E-state index in [1.807, 2.05) is 0 Å². The van der Waals surface area contributed by atoms with E-state index in [9.17, 15) is 0 Å². The first-order valence-electron chi connectivity index (χ1n) is 12.1. The summed E-state index contributed by atoms with van der Waals surface area (Å²) in [5.41, 5.74) is 0. The monoisotopic (exact) mass is 584 g/mol. The van der Waals surface area contributed by atoms with Gasteiger partial charge in [0.25, 0.3) is 0 Å². The summed E-state index contributed by atoms with van der Waals surface area (Å²) in [6, 6.07) is 0. The molecule has 0 heterocycles. The third kappa shape index (κ3) is 48.2. The number of thiocarbonyl (C=S) groups is 2. The molecule has 0 amide bonds. The first-order chi connectivity index (χ1) is 14.0. The van der Waals surface area contributed by atoms with Crippen molar-refractivity contribution >= 4 is 79.2 Å². The van der Waals surface area contributed by atoms with E-state index in [4.69, 9.17) is 49.7 Å². The normalized spacial score (nSPS) is 9.52. The standard InChI is InChI=1S/2C8H16S2.2C4H9.Sn/c2*1-2-3-4-5-6-7-8(9)10;2*1-3-4-2;/h2*2-7H2,1H3,(H,9,10);2*1,3-4H2,2H3;/q;;;;+2/p-2. The SMILES string of the molecule is CCCCCCCC(=S)[S-].CCCCCCCC(=S)[S-].CCC[CH2][Sn+2][CH2]CCC. The molecule has 5 heteroatoms. The molecule has 0 aliphatic carbocycles. The van der Waals surface area contributed by atoms with Crippen molar-refractivity contribution in [3.63, 3.8) is 0 Å². The minimum atomic E-state index is 0.149. The maximum absolute atomic E-state index is 4.79. The quantitative estimate of drug-likeness (QED) is 0.0682. The Morgan fingerprint density at radius 2 is 0.828 bits per heavy atom. The second-order valence-corrected chi connectivity index (χ2v) is 14.3. The van der Waals surface area contributed by atoms with Gasteiger partial charge in [0, 0.05) is 0 Å². The van der Waals surface area contributed by atoms with Gasteiger partial charge >= 0.3 is 69.5 Å². The predicted molar refractivity (Wildman–Crippen MR) is 152 cm³/mol. The maximum atomic E-state index is 4.79. The van der Waals surface area contributed by atoms with Gasteiger partial charge in [-0.2, -0.15) is 8.39 Å². The van der Waals surface area contributed by atoms with Crippen LogP contribution in [0.4, 0.5) is 0 Å². The molecule has 0 saturated heterocycles. The zero-order valence-electron chi connectivity index (χ0n) is 19.9. The van der Waals surface area contributed by atoms with Gasteiger partial charge in [-0.05, 0) is 12.8 Å². The van der Waals surface area contributed by atoms with Crippen molar-refractivity contribution in [2.45, 2.75) is 139 Å². The summed E-state index contributed by atoms with van der Waals surface area (Å²) in [5.74, 6) is 0. The summed E-state index contributed by atoms with van der Waals surface area (Å²) in [5, 5.41) is 0. The molecule has 172 valence electrons. The molecule has 0 aromatic carbocycles. The van der Waals surface area contributed by atoms with Gasteiger partial charge in [0.15, 0.2) is 0 Å². The second kappa shape index (κ2) is 34.0. The van der Waals surface area contributed by atoms with E-state index < -0.39 is 0 Å². The van der Waals surface area contributed by atoms with Crippen LogP contribution in [0.3, 0.4) is 0 Å². The fraction of sp³-hybridized carbons (Fsp3) is 0.917. The van der Waals surface area contributed by atoms with E-state index in [0.29, 0.717) is 0 Å². The van der Waals surface area contributed by atoms with Gasteiger partial charge in [-0.25, -0.2) is 0 Å². The van der Waals surface area contributed by atoms with Crippen molar-refractivity contribution in [1.29, 1.82) is 0 Å². The molecular weight excluding hydrogens is 535 g/mol. The van der Waals surface area contributed by atoms with Crippen LogP contribution >= 0.6 is 24.4 Å². The summed E-state index contributed by atoms with van der Waals surface area (Å²) >= 11 is 19.3. The summed E-state index contributed by atoms with van der Waals surface area (Å²) < 4.78 is 4.74. The van der Waals surface area contributed by atoms with Crippen molar-refractivity contribution in [2.24, 2.45) is 0 Å². The van der Waals surface area contributed by atoms with E-state index >= 15 is 0 Å². The molecule has 29 heavy (non-hydrogen) atoms. The average Bonchev–Trinajstić information content (AvgIpc) is 2.68. The molecule has 0 aliphatic rings. The molecule has 0 unspecified atom stereocenters. The molecule has 0 nitrogen and oxygen atoms in total. The average molecular weight is 584 g/mol. The Morgan fingerprint density at radius 3 is 1.10 bits per heavy atom. The van der Waals surface area contributed by atoms with E-state index in [-0.39, 0.29) is 21.1 Å². The van der Waals surface area contributed by atoms with Crippen molar-refractivity contribution in [2.75, 3.05) is 0 Å². The van der Waals surface area contributed by atoms with Gasteiger partial charge in [0.2, 0.25) is 0 Å². The Morgan fingerprint density at radius 1 is 0.517 bits per heavy atom. The van der Waals surface area contributed by atoms with E-state index in [0.717, 1.165) is 21.2 Å². The second-order valence-electron chi connectivity index (χ2n) is 7.53. The zero-order chi connectivity index (χ0) is 22.6. The van der Waals surface area contributed by atoms with Gasteiger partial charge in [-0.15, -0.1) is 0 Å². The molecule has 0 radical (unpaired) electrons. The Bertz CT molecular complexity index is 292. The number of hydrogen-bond donors (Lipinski definition) is 0. The summed E-state index contributed by atoms with van der Waals surface area (Å²) in [7, 11) is 0. The molecule has 0 aliphatic heterocycles. The van der Waals surface area contributed by atoms with E-state index in [2.05, 4.69) is 27.7 Å². The molecule has 0 bridgehead atoms. The molecule has 0 fully saturated rings. The molecular formula is C24H48S4Sn. The first-order valence-corrected chi connectivity index (χ1v) is 17.7. The Labute approximate surface area is 217 Å². The van der Waals surface area contributed by atoms with Crippen LogP contribution in [0, 0.1) is 0 Å². The van der Waals surface area contributed by atoms with Gasteiger partial charge in [0.1, 0.15) is 0 Å². The van der Waals surface area contributed by atoms with Crippen molar-refractivity contribution in [3.8, 4) is 0 Å². The van der Waals surface area contributed by atoms with Gasteiger partial charge in [-0.1, -0.05) is 78.1 Å². The van der Waals surface area contributed by atoms with Crippen molar-refractivity contribution < 1.29 is 0 Å². The molecule has 0 saturated carbocycles.